The number of hydrogen-bond donors (Lipinski definition) is 2. The first kappa shape index (κ1) is 23.1. The number of hydrogen-bond acceptors (Lipinski definition) is 4. The Morgan fingerprint density at radius 3 is 2.50 bits per heavy atom. The summed E-state index contributed by atoms with van der Waals surface area (Å²) >= 11 is 0. The molecule has 0 saturated carbocycles. The average Bonchev–Trinajstić information content (AvgIpc) is 2.53. The summed E-state index contributed by atoms with van der Waals surface area (Å²) in [6.07, 6.45) is 11.6. The minimum Gasteiger partial charge on any atom is -0.466 e. The van der Waals surface area contributed by atoms with Gasteiger partial charge in [0.15, 0.2) is 0 Å². The quantitative estimate of drug-likeness (QED) is 0.251. The lowest BCUT2D eigenvalue weighted by Crippen LogP contribution is -2.19. The lowest BCUT2D eigenvalue weighted by Gasteiger charge is -2.10. The molecule has 1 atom stereocenters. The van der Waals surface area contributed by atoms with Gasteiger partial charge in [-0.2, -0.15) is 0 Å². The number of carbonyl (C=O) groups is 1. The molecule has 0 aliphatic heterocycles. The van der Waals surface area contributed by atoms with E-state index >= 15 is 0 Å². The van der Waals surface area contributed by atoms with Crippen LogP contribution in [0.2, 0.25) is 0 Å². The monoisotopic (exact) mass is 341 g/mol. The molecule has 4 heteroatoms. The Bertz CT molecular complexity index is 325. The third-order valence-corrected chi connectivity index (χ3v) is 4.11. The maximum atomic E-state index is 11.7. The van der Waals surface area contributed by atoms with Gasteiger partial charge < -0.3 is 15.2 Å². The molecule has 0 amide bonds. The van der Waals surface area contributed by atoms with Crippen LogP contribution in [0.3, 0.4) is 0 Å². The van der Waals surface area contributed by atoms with Crippen molar-refractivity contribution in [1.29, 1.82) is 0 Å². The van der Waals surface area contributed by atoms with Crippen LogP contribution in [0.25, 0.3) is 0 Å². The van der Waals surface area contributed by atoms with Crippen LogP contribution < -0.4 is 5.32 Å². The molecule has 142 valence electrons. The summed E-state index contributed by atoms with van der Waals surface area (Å²) in [6, 6.07) is 0. The Balaban J connectivity index is 3.36. The molecule has 4 nitrogen and oxygen atoms in total. The van der Waals surface area contributed by atoms with Crippen LogP contribution in [-0.2, 0) is 9.53 Å². The van der Waals surface area contributed by atoms with E-state index in [-0.39, 0.29) is 12.6 Å². The zero-order chi connectivity index (χ0) is 18.0. The van der Waals surface area contributed by atoms with Crippen LogP contribution in [0, 0.1) is 5.92 Å². The minimum atomic E-state index is -0.0453. The summed E-state index contributed by atoms with van der Waals surface area (Å²) in [4.78, 5) is 11.7. The molecule has 0 radical (unpaired) electrons. The molecule has 0 saturated heterocycles. The Morgan fingerprint density at radius 1 is 1.08 bits per heavy atom. The first-order valence-electron chi connectivity index (χ1n) is 9.66. The third kappa shape index (κ3) is 17.5. The number of unbranched alkanes of at least 4 members (excludes halogenated alkanes) is 4. The minimum absolute atomic E-state index is 0.0453. The van der Waals surface area contributed by atoms with Gasteiger partial charge in [0, 0.05) is 13.0 Å². The molecule has 0 bridgehead atoms. The van der Waals surface area contributed by atoms with Gasteiger partial charge in [-0.1, -0.05) is 37.8 Å². The molecule has 0 aliphatic rings. The lowest BCUT2D eigenvalue weighted by atomic mass is 10.0. The summed E-state index contributed by atoms with van der Waals surface area (Å²) in [6.45, 7) is 8.89. The molecule has 0 aromatic rings. The fourth-order valence-electron chi connectivity index (χ4n) is 2.50. The molecule has 0 aromatic carbocycles. The third-order valence-electron chi connectivity index (χ3n) is 4.11. The number of esters is 1. The average molecular weight is 342 g/mol. The van der Waals surface area contributed by atoms with E-state index in [1.54, 1.807) is 0 Å². The van der Waals surface area contributed by atoms with Crippen molar-refractivity contribution in [3.63, 3.8) is 0 Å². The van der Waals surface area contributed by atoms with Gasteiger partial charge in [-0.3, -0.25) is 4.79 Å². The predicted molar refractivity (Wildman–Crippen MR) is 101 cm³/mol. The van der Waals surface area contributed by atoms with Gasteiger partial charge in [-0.25, -0.2) is 0 Å². The molecule has 0 aliphatic carbocycles. The van der Waals surface area contributed by atoms with Gasteiger partial charge in [0.2, 0.25) is 0 Å². The molecule has 0 fully saturated rings. The van der Waals surface area contributed by atoms with E-state index in [2.05, 4.69) is 32.2 Å². The summed E-state index contributed by atoms with van der Waals surface area (Å²) in [5.74, 6) is 0.559. The second-order valence-electron chi connectivity index (χ2n) is 6.96. The van der Waals surface area contributed by atoms with Crippen LogP contribution in [0.1, 0.15) is 78.6 Å². The summed E-state index contributed by atoms with van der Waals surface area (Å²) in [5, 5.41) is 11.8. The van der Waals surface area contributed by atoms with E-state index in [1.807, 2.05) is 0 Å². The van der Waals surface area contributed by atoms with E-state index in [9.17, 15) is 4.79 Å². The lowest BCUT2D eigenvalue weighted by molar-refractivity contribution is -0.144. The van der Waals surface area contributed by atoms with Crippen LogP contribution in [-0.4, -0.2) is 37.4 Å². The van der Waals surface area contributed by atoms with E-state index in [4.69, 9.17) is 9.84 Å². The maximum absolute atomic E-state index is 11.7. The van der Waals surface area contributed by atoms with Crippen LogP contribution in [0.4, 0.5) is 0 Å². The second kappa shape index (κ2) is 17.0. The van der Waals surface area contributed by atoms with Gasteiger partial charge in [0.25, 0.3) is 0 Å². The Labute approximate surface area is 149 Å². The van der Waals surface area contributed by atoms with Crippen molar-refractivity contribution < 1.29 is 14.6 Å². The highest BCUT2D eigenvalue weighted by Crippen LogP contribution is 2.12. The zero-order valence-electron chi connectivity index (χ0n) is 16.1. The SMILES string of the molecule is CC(C)=CCCC(C)CCOC(=O)CCCCCCCNCCO. The van der Waals surface area contributed by atoms with Crippen molar-refractivity contribution in [2.75, 3.05) is 26.3 Å². The number of ether oxygens (including phenoxy) is 1. The highest BCUT2D eigenvalue weighted by atomic mass is 16.5. The molecule has 0 spiro atoms. The van der Waals surface area contributed by atoms with Gasteiger partial charge >= 0.3 is 5.97 Å². The summed E-state index contributed by atoms with van der Waals surface area (Å²) < 4.78 is 5.32. The number of allylic oxidation sites excluding steroid dienone is 2. The largest absolute Gasteiger partial charge is 0.466 e. The molecule has 24 heavy (non-hydrogen) atoms. The Morgan fingerprint density at radius 2 is 1.79 bits per heavy atom. The van der Waals surface area contributed by atoms with Crippen molar-refractivity contribution in [2.24, 2.45) is 5.92 Å². The molecule has 0 aromatic heterocycles. The zero-order valence-corrected chi connectivity index (χ0v) is 16.1. The standard InChI is InChI=1S/C20H39NO3/c1-18(2)10-9-11-19(3)13-17-24-20(23)12-7-5-4-6-8-14-21-15-16-22/h10,19,21-22H,4-9,11-17H2,1-3H3. The van der Waals surface area contributed by atoms with Crippen molar-refractivity contribution in [3.05, 3.63) is 11.6 Å². The van der Waals surface area contributed by atoms with E-state index in [0.29, 0.717) is 25.5 Å². The normalized spacial score (nSPS) is 12.0. The van der Waals surface area contributed by atoms with Crippen molar-refractivity contribution >= 4 is 5.97 Å². The maximum Gasteiger partial charge on any atom is 0.305 e. The fourth-order valence-corrected chi connectivity index (χ4v) is 2.50. The van der Waals surface area contributed by atoms with Crippen LogP contribution in [0.15, 0.2) is 11.6 Å². The van der Waals surface area contributed by atoms with Gasteiger partial charge in [0.05, 0.1) is 13.2 Å². The highest BCUT2D eigenvalue weighted by Gasteiger charge is 2.05. The summed E-state index contributed by atoms with van der Waals surface area (Å²) in [5.41, 5.74) is 1.37. The predicted octanol–water partition coefficient (Wildman–Crippen LogP) is 4.22. The summed E-state index contributed by atoms with van der Waals surface area (Å²) in [7, 11) is 0. The Kier molecular flexibility index (Phi) is 16.4. The van der Waals surface area contributed by atoms with Crippen molar-refractivity contribution in [3.8, 4) is 0 Å². The number of aliphatic hydroxyl groups excluding tert-OH is 1. The topological polar surface area (TPSA) is 58.6 Å². The number of aliphatic hydroxyl groups is 1. The molecule has 2 N–H and O–H groups in total. The molecular weight excluding hydrogens is 302 g/mol. The first-order valence-corrected chi connectivity index (χ1v) is 9.66. The fraction of sp³-hybridized carbons (Fsp3) is 0.850. The number of rotatable bonds is 16. The van der Waals surface area contributed by atoms with Crippen LogP contribution in [0.5, 0.6) is 0 Å². The van der Waals surface area contributed by atoms with Crippen molar-refractivity contribution in [2.45, 2.75) is 78.6 Å². The molecule has 0 rings (SSSR count). The smallest absolute Gasteiger partial charge is 0.305 e. The van der Waals surface area contributed by atoms with E-state index < -0.39 is 0 Å². The first-order chi connectivity index (χ1) is 11.6. The van der Waals surface area contributed by atoms with Gasteiger partial charge in [0.1, 0.15) is 0 Å². The molecule has 1 unspecified atom stereocenters. The molecular formula is C20H39NO3. The highest BCUT2D eigenvalue weighted by molar-refractivity contribution is 5.69. The molecule has 0 heterocycles. The van der Waals surface area contributed by atoms with E-state index in [0.717, 1.165) is 51.5 Å². The second-order valence-corrected chi connectivity index (χ2v) is 6.96. The van der Waals surface area contributed by atoms with Gasteiger partial charge in [-0.15, -0.1) is 0 Å². The number of nitrogens with one attached hydrogen (secondary N) is 1. The van der Waals surface area contributed by atoms with E-state index in [1.165, 1.54) is 12.0 Å². The van der Waals surface area contributed by atoms with Crippen LogP contribution >= 0.6 is 0 Å². The van der Waals surface area contributed by atoms with Gasteiger partial charge in [-0.05, 0) is 58.4 Å². The number of carbonyl (C=O) groups excluding carboxylic acids is 1. The van der Waals surface area contributed by atoms with Crippen molar-refractivity contribution in [1.82, 2.24) is 5.32 Å². The Hall–Kier alpha value is -0.870.